The molecule has 0 aliphatic heterocycles. The summed E-state index contributed by atoms with van der Waals surface area (Å²) in [6.45, 7) is 9.04. The molecule has 0 aromatic carbocycles. The molecule has 0 spiro atoms. The molecule has 1 heterocycles. The minimum Gasteiger partial charge on any atom is -0.353 e. The molecule has 16 heavy (non-hydrogen) atoms. The Labute approximate surface area is 100 Å². The third-order valence-corrected chi connectivity index (χ3v) is 2.89. The first-order valence-electron chi connectivity index (χ1n) is 6.30. The zero-order chi connectivity index (χ0) is 12.0. The van der Waals surface area contributed by atoms with Crippen LogP contribution in [0.5, 0.6) is 0 Å². The van der Waals surface area contributed by atoms with Crippen molar-refractivity contribution >= 4 is 0 Å². The van der Waals surface area contributed by atoms with E-state index < -0.39 is 0 Å². The zero-order valence-electron chi connectivity index (χ0n) is 11.2. The smallest absolute Gasteiger partial charge is 0.0359 e. The van der Waals surface area contributed by atoms with Crippen molar-refractivity contribution in [2.45, 2.75) is 46.6 Å². The van der Waals surface area contributed by atoms with Gasteiger partial charge in [0.2, 0.25) is 0 Å². The van der Waals surface area contributed by atoms with E-state index in [0.29, 0.717) is 5.41 Å². The van der Waals surface area contributed by atoms with Crippen LogP contribution in [0.4, 0.5) is 0 Å². The minimum absolute atomic E-state index is 0.484. The molecule has 0 amide bonds. The van der Waals surface area contributed by atoms with E-state index in [1.807, 2.05) is 0 Å². The van der Waals surface area contributed by atoms with Crippen LogP contribution in [0, 0.1) is 5.41 Å². The zero-order valence-corrected chi connectivity index (χ0v) is 11.2. The predicted octanol–water partition coefficient (Wildman–Crippen LogP) is 3.33. The molecule has 0 aliphatic carbocycles. The van der Waals surface area contributed by atoms with Crippen molar-refractivity contribution in [3.63, 3.8) is 0 Å². The highest BCUT2D eigenvalue weighted by molar-refractivity contribution is 5.05. The average molecular weight is 222 g/mol. The first-order valence-corrected chi connectivity index (χ1v) is 6.30. The molecule has 1 rings (SSSR count). The van der Waals surface area contributed by atoms with Crippen LogP contribution in [0.2, 0.25) is 0 Å². The normalized spacial score (nSPS) is 12.0. The third kappa shape index (κ3) is 5.36. The van der Waals surface area contributed by atoms with Gasteiger partial charge in [0.15, 0.2) is 0 Å². The SMILES string of the molecule is Cn1cccc1CNCCCCC(C)(C)C. The number of unbranched alkanes of at least 4 members (excludes halogenated alkanes) is 1. The largest absolute Gasteiger partial charge is 0.353 e. The van der Waals surface area contributed by atoms with E-state index in [0.717, 1.165) is 13.1 Å². The molecule has 0 fully saturated rings. The number of aryl methyl sites for hydroxylation is 1. The summed E-state index contributed by atoms with van der Waals surface area (Å²) in [7, 11) is 2.09. The molecule has 0 unspecified atom stereocenters. The van der Waals surface area contributed by atoms with Gasteiger partial charge in [-0.15, -0.1) is 0 Å². The van der Waals surface area contributed by atoms with Gasteiger partial charge in [0.1, 0.15) is 0 Å². The van der Waals surface area contributed by atoms with Gasteiger partial charge in [0, 0.05) is 25.5 Å². The van der Waals surface area contributed by atoms with Crippen molar-refractivity contribution in [3.8, 4) is 0 Å². The van der Waals surface area contributed by atoms with Crippen molar-refractivity contribution in [3.05, 3.63) is 24.0 Å². The molecule has 2 heteroatoms. The summed E-state index contributed by atoms with van der Waals surface area (Å²) in [5, 5.41) is 3.49. The van der Waals surface area contributed by atoms with Crippen molar-refractivity contribution in [1.29, 1.82) is 0 Å². The van der Waals surface area contributed by atoms with E-state index in [1.165, 1.54) is 25.0 Å². The Morgan fingerprint density at radius 2 is 2.00 bits per heavy atom. The Morgan fingerprint density at radius 3 is 2.56 bits per heavy atom. The number of rotatable bonds is 6. The van der Waals surface area contributed by atoms with E-state index in [1.54, 1.807) is 0 Å². The summed E-state index contributed by atoms with van der Waals surface area (Å²) >= 11 is 0. The maximum atomic E-state index is 3.49. The number of nitrogens with one attached hydrogen (secondary N) is 1. The van der Waals surface area contributed by atoms with Crippen LogP contribution < -0.4 is 5.32 Å². The van der Waals surface area contributed by atoms with E-state index in [2.05, 4.69) is 56.0 Å². The van der Waals surface area contributed by atoms with Crippen molar-refractivity contribution in [1.82, 2.24) is 9.88 Å². The summed E-state index contributed by atoms with van der Waals surface area (Å²) < 4.78 is 2.17. The Hall–Kier alpha value is -0.760. The summed E-state index contributed by atoms with van der Waals surface area (Å²) in [6.07, 6.45) is 6.01. The molecule has 2 nitrogen and oxygen atoms in total. The molecule has 1 aromatic rings. The minimum atomic E-state index is 0.484. The second-order valence-electron chi connectivity index (χ2n) is 5.80. The highest BCUT2D eigenvalue weighted by atomic mass is 15.0. The third-order valence-electron chi connectivity index (χ3n) is 2.89. The number of aromatic nitrogens is 1. The molecule has 0 saturated carbocycles. The Bertz CT molecular complexity index is 294. The maximum Gasteiger partial charge on any atom is 0.0359 e. The molecular weight excluding hydrogens is 196 g/mol. The maximum absolute atomic E-state index is 3.49. The van der Waals surface area contributed by atoms with Gasteiger partial charge in [-0.05, 0) is 36.9 Å². The number of nitrogens with zero attached hydrogens (tertiary/aromatic N) is 1. The molecule has 0 radical (unpaired) electrons. The van der Waals surface area contributed by atoms with Gasteiger partial charge < -0.3 is 9.88 Å². The molecular formula is C14H26N2. The first kappa shape index (κ1) is 13.3. The first-order chi connectivity index (χ1) is 7.49. The Kier molecular flexibility index (Phi) is 5.07. The lowest BCUT2D eigenvalue weighted by Crippen LogP contribution is -2.17. The van der Waals surface area contributed by atoms with Crippen LogP contribution in [-0.4, -0.2) is 11.1 Å². The van der Waals surface area contributed by atoms with Gasteiger partial charge in [-0.2, -0.15) is 0 Å². The average Bonchev–Trinajstić information content (AvgIpc) is 2.56. The van der Waals surface area contributed by atoms with E-state index in [-0.39, 0.29) is 0 Å². The topological polar surface area (TPSA) is 17.0 Å². The fraction of sp³-hybridized carbons (Fsp3) is 0.714. The summed E-state index contributed by atoms with van der Waals surface area (Å²) in [5.41, 5.74) is 1.84. The van der Waals surface area contributed by atoms with Crippen LogP contribution in [0.1, 0.15) is 45.7 Å². The van der Waals surface area contributed by atoms with E-state index in [4.69, 9.17) is 0 Å². The highest BCUT2D eigenvalue weighted by Gasteiger charge is 2.08. The number of hydrogen-bond acceptors (Lipinski definition) is 1. The van der Waals surface area contributed by atoms with Crippen molar-refractivity contribution < 1.29 is 0 Å². The quantitative estimate of drug-likeness (QED) is 0.731. The molecule has 0 bridgehead atoms. The molecule has 1 N–H and O–H groups in total. The van der Waals surface area contributed by atoms with Crippen LogP contribution in [0.25, 0.3) is 0 Å². The standard InChI is InChI=1S/C14H26N2/c1-14(2,3)9-5-6-10-15-12-13-8-7-11-16(13)4/h7-8,11,15H,5-6,9-10,12H2,1-4H3. The van der Waals surface area contributed by atoms with Crippen LogP contribution >= 0.6 is 0 Å². The van der Waals surface area contributed by atoms with Gasteiger partial charge in [-0.1, -0.05) is 27.2 Å². The Balaban J connectivity index is 2.03. The lowest BCUT2D eigenvalue weighted by molar-refractivity contribution is 0.358. The summed E-state index contributed by atoms with van der Waals surface area (Å²) in [4.78, 5) is 0. The molecule has 92 valence electrons. The van der Waals surface area contributed by atoms with Gasteiger partial charge in [-0.3, -0.25) is 0 Å². The fourth-order valence-corrected chi connectivity index (χ4v) is 1.80. The molecule has 0 saturated heterocycles. The molecule has 0 aliphatic rings. The second-order valence-corrected chi connectivity index (χ2v) is 5.80. The molecule has 0 atom stereocenters. The van der Waals surface area contributed by atoms with Gasteiger partial charge in [-0.25, -0.2) is 0 Å². The second kappa shape index (κ2) is 6.09. The lowest BCUT2D eigenvalue weighted by atomic mass is 9.90. The predicted molar refractivity (Wildman–Crippen MR) is 70.4 cm³/mol. The highest BCUT2D eigenvalue weighted by Crippen LogP contribution is 2.21. The van der Waals surface area contributed by atoms with Crippen LogP contribution in [0.15, 0.2) is 18.3 Å². The van der Waals surface area contributed by atoms with E-state index >= 15 is 0 Å². The van der Waals surface area contributed by atoms with Crippen LogP contribution in [-0.2, 0) is 13.6 Å². The van der Waals surface area contributed by atoms with Crippen LogP contribution in [0.3, 0.4) is 0 Å². The van der Waals surface area contributed by atoms with Gasteiger partial charge >= 0.3 is 0 Å². The van der Waals surface area contributed by atoms with Gasteiger partial charge in [0.25, 0.3) is 0 Å². The van der Waals surface area contributed by atoms with Gasteiger partial charge in [0.05, 0.1) is 0 Å². The Morgan fingerprint density at radius 1 is 1.25 bits per heavy atom. The number of hydrogen-bond donors (Lipinski definition) is 1. The fourth-order valence-electron chi connectivity index (χ4n) is 1.80. The summed E-state index contributed by atoms with van der Waals surface area (Å²) in [6, 6.07) is 4.26. The molecule has 1 aromatic heterocycles. The van der Waals surface area contributed by atoms with Crippen molar-refractivity contribution in [2.24, 2.45) is 12.5 Å². The monoisotopic (exact) mass is 222 g/mol. The summed E-state index contributed by atoms with van der Waals surface area (Å²) in [5.74, 6) is 0. The van der Waals surface area contributed by atoms with Crippen molar-refractivity contribution in [2.75, 3.05) is 6.54 Å². The van der Waals surface area contributed by atoms with E-state index in [9.17, 15) is 0 Å². The lowest BCUT2D eigenvalue weighted by Gasteiger charge is -2.17.